The molecule has 1 N–H and O–H groups in total. The average Bonchev–Trinajstić information content (AvgIpc) is 3.21. The quantitative estimate of drug-likeness (QED) is 0.588. The van der Waals surface area contributed by atoms with E-state index in [0.717, 1.165) is 6.07 Å². The summed E-state index contributed by atoms with van der Waals surface area (Å²) in [4.78, 5) is 7.15. The predicted molar refractivity (Wildman–Crippen MR) is 83.1 cm³/mol. The molecule has 0 saturated heterocycles. The maximum absolute atomic E-state index is 12.4. The van der Waals surface area contributed by atoms with Crippen LogP contribution in [0.15, 0.2) is 29.3 Å². The highest BCUT2D eigenvalue weighted by Crippen LogP contribution is 2.36. The number of hydrogen-bond acceptors (Lipinski definition) is 7. The summed E-state index contributed by atoms with van der Waals surface area (Å²) in [5, 5.41) is 0. The van der Waals surface area contributed by atoms with Gasteiger partial charge in [0.05, 0.1) is 22.1 Å². The lowest BCUT2D eigenvalue weighted by molar-refractivity contribution is -0.0501. The summed E-state index contributed by atoms with van der Waals surface area (Å²) < 4.78 is 90.2. The highest BCUT2D eigenvalue weighted by molar-refractivity contribution is 7.89. The number of rotatable bonds is 5. The van der Waals surface area contributed by atoms with Crippen LogP contribution < -0.4 is 8.91 Å². The summed E-state index contributed by atoms with van der Waals surface area (Å²) >= 11 is 0. The summed E-state index contributed by atoms with van der Waals surface area (Å²) in [5.41, 5.74) is -6.13. The molecule has 0 bridgehead atoms. The Kier molecular flexibility index (Phi) is 4.16. The fourth-order valence-electron chi connectivity index (χ4n) is 2.01. The molecule has 3 rings (SSSR count). The highest BCUT2D eigenvalue weighted by atomic mass is 32.2. The summed E-state index contributed by atoms with van der Waals surface area (Å²) in [7, 11) is -9.78. The topological polar surface area (TPSA) is 115 Å². The Balaban J connectivity index is 1.96. The van der Waals surface area contributed by atoms with Crippen molar-refractivity contribution >= 4 is 31.2 Å². The van der Waals surface area contributed by atoms with Gasteiger partial charge in [0, 0.05) is 5.54 Å². The molecule has 0 amide bonds. The molecule has 0 radical (unpaired) electrons. The van der Waals surface area contributed by atoms with Crippen LogP contribution in [0.4, 0.5) is 13.2 Å². The number of nitrogens with one attached hydrogen (secondary N) is 1. The van der Waals surface area contributed by atoms with E-state index in [1.165, 1.54) is 12.1 Å². The molecule has 0 aliphatic heterocycles. The number of benzene rings is 1. The lowest BCUT2D eigenvalue weighted by atomic mass is 10.3. The number of nitrogens with zero attached hydrogens (tertiary/aromatic N) is 2. The van der Waals surface area contributed by atoms with Crippen LogP contribution in [-0.4, -0.2) is 37.9 Å². The third kappa shape index (κ3) is 3.73. The van der Waals surface area contributed by atoms with Crippen molar-refractivity contribution in [1.29, 1.82) is 0 Å². The van der Waals surface area contributed by atoms with Crippen LogP contribution in [0, 0.1) is 0 Å². The van der Waals surface area contributed by atoms with Crippen LogP contribution in [0.25, 0.3) is 11.0 Å². The molecule has 1 aliphatic carbocycles. The van der Waals surface area contributed by atoms with Gasteiger partial charge in [0.1, 0.15) is 0 Å². The number of aromatic nitrogens is 2. The normalized spacial score (nSPS) is 17.2. The number of hydrogen-bond donors (Lipinski definition) is 1. The molecule has 0 unspecified atom stereocenters. The molecule has 26 heavy (non-hydrogen) atoms. The second-order valence-electron chi connectivity index (χ2n) is 6.01. The second kappa shape index (κ2) is 5.76. The highest BCUT2D eigenvalue weighted by Gasteiger charge is 2.49. The molecule has 142 valence electrons. The molecule has 13 heteroatoms. The first-order chi connectivity index (χ1) is 11.8. The predicted octanol–water partition coefficient (Wildman–Crippen LogP) is 1.69. The fourth-order valence-corrected chi connectivity index (χ4v) is 3.90. The zero-order valence-electron chi connectivity index (χ0n) is 13.1. The van der Waals surface area contributed by atoms with Crippen molar-refractivity contribution in [1.82, 2.24) is 14.7 Å². The molecule has 1 aliphatic rings. The van der Waals surface area contributed by atoms with Gasteiger partial charge in [-0.3, -0.25) is 0 Å². The first-order valence-electron chi connectivity index (χ1n) is 7.13. The summed E-state index contributed by atoms with van der Waals surface area (Å²) in [6.45, 7) is 1.74. The Morgan fingerprint density at radius 2 is 1.81 bits per heavy atom. The largest absolute Gasteiger partial charge is 0.534 e. The van der Waals surface area contributed by atoms with Crippen LogP contribution >= 0.6 is 0 Å². The van der Waals surface area contributed by atoms with E-state index in [-0.39, 0.29) is 15.9 Å². The molecule has 1 aromatic carbocycles. The van der Waals surface area contributed by atoms with E-state index in [9.17, 15) is 30.0 Å². The molecule has 1 fully saturated rings. The van der Waals surface area contributed by atoms with Gasteiger partial charge < -0.3 is 4.18 Å². The van der Waals surface area contributed by atoms with Crippen LogP contribution in [0.2, 0.25) is 0 Å². The van der Waals surface area contributed by atoms with Gasteiger partial charge in [-0.15, -0.1) is 0 Å². The standard InChI is InChI=1S/C13H12F3N3O5S2/c1-12(4-5-12)19-25(20,21)8-2-3-9-10(6-8)18-11(7-17-9)24-26(22,23)13(14,15)16/h2-3,6-7,19H,4-5H2,1H3. The Labute approximate surface area is 146 Å². The number of halogens is 3. The van der Waals surface area contributed by atoms with E-state index < -0.39 is 37.1 Å². The Morgan fingerprint density at radius 3 is 2.38 bits per heavy atom. The molecule has 0 spiro atoms. The maximum Gasteiger partial charge on any atom is 0.534 e. The van der Waals surface area contributed by atoms with Gasteiger partial charge in [-0.25, -0.2) is 23.1 Å². The molecule has 1 saturated carbocycles. The van der Waals surface area contributed by atoms with E-state index in [1.54, 1.807) is 6.92 Å². The third-order valence-corrected chi connectivity index (χ3v) is 6.25. The minimum Gasteiger partial charge on any atom is -0.354 e. The molecule has 8 nitrogen and oxygen atoms in total. The van der Waals surface area contributed by atoms with Gasteiger partial charge in [0.2, 0.25) is 10.0 Å². The smallest absolute Gasteiger partial charge is 0.354 e. The van der Waals surface area contributed by atoms with Crippen molar-refractivity contribution < 1.29 is 34.2 Å². The van der Waals surface area contributed by atoms with Crippen molar-refractivity contribution in [3.63, 3.8) is 0 Å². The van der Waals surface area contributed by atoms with Crippen molar-refractivity contribution in [3.8, 4) is 5.88 Å². The average molecular weight is 411 g/mol. The molecular formula is C13H12F3N3O5S2. The minimum absolute atomic E-state index is 0.135. The zero-order chi connectivity index (χ0) is 19.4. The van der Waals surface area contributed by atoms with Gasteiger partial charge in [-0.2, -0.15) is 21.6 Å². The molecule has 0 atom stereocenters. The summed E-state index contributed by atoms with van der Waals surface area (Å²) in [5.74, 6) is -0.925. The van der Waals surface area contributed by atoms with E-state index >= 15 is 0 Å². The van der Waals surface area contributed by atoms with Crippen molar-refractivity contribution in [2.75, 3.05) is 0 Å². The lowest BCUT2D eigenvalue weighted by Gasteiger charge is -2.12. The van der Waals surface area contributed by atoms with Crippen molar-refractivity contribution in [3.05, 3.63) is 24.4 Å². The summed E-state index contributed by atoms with van der Waals surface area (Å²) in [6, 6.07) is 3.63. The van der Waals surface area contributed by atoms with Crippen molar-refractivity contribution in [2.24, 2.45) is 0 Å². The second-order valence-corrected chi connectivity index (χ2v) is 9.23. The first-order valence-corrected chi connectivity index (χ1v) is 10.0. The SMILES string of the molecule is CC1(NS(=O)(=O)c2ccc3ncc(OS(=O)(=O)C(F)(F)F)nc3c2)CC1. The Hall–Kier alpha value is -1.99. The fraction of sp³-hybridized carbons (Fsp3) is 0.385. The number of fused-ring (bicyclic) bond motifs is 1. The summed E-state index contributed by atoms with van der Waals surface area (Å²) in [6.07, 6.45) is 2.07. The van der Waals surface area contributed by atoms with E-state index in [4.69, 9.17) is 0 Å². The molecule has 1 aromatic heterocycles. The number of alkyl halides is 3. The monoisotopic (exact) mass is 411 g/mol. The lowest BCUT2D eigenvalue weighted by Crippen LogP contribution is -2.34. The first kappa shape index (κ1) is 18.8. The maximum atomic E-state index is 12.4. The van der Waals surface area contributed by atoms with Gasteiger partial charge in [-0.05, 0) is 38.0 Å². The zero-order valence-corrected chi connectivity index (χ0v) is 14.7. The van der Waals surface area contributed by atoms with E-state index in [0.29, 0.717) is 19.0 Å². The molecule has 1 heterocycles. The van der Waals surface area contributed by atoms with Gasteiger partial charge in [0.25, 0.3) is 5.88 Å². The van der Waals surface area contributed by atoms with E-state index in [2.05, 4.69) is 18.9 Å². The van der Waals surface area contributed by atoms with Crippen molar-refractivity contribution in [2.45, 2.75) is 35.7 Å². The minimum atomic E-state index is -5.91. The third-order valence-electron chi connectivity index (χ3n) is 3.66. The van der Waals surface area contributed by atoms with E-state index in [1.807, 2.05) is 0 Å². The molecule has 2 aromatic rings. The van der Waals surface area contributed by atoms with Crippen LogP contribution in [0.3, 0.4) is 0 Å². The van der Waals surface area contributed by atoms with Crippen LogP contribution in [0.1, 0.15) is 19.8 Å². The van der Waals surface area contributed by atoms with Gasteiger partial charge in [0.15, 0.2) is 0 Å². The Bertz CT molecular complexity index is 1080. The molecular weight excluding hydrogens is 399 g/mol. The van der Waals surface area contributed by atoms with Gasteiger partial charge >= 0.3 is 15.6 Å². The van der Waals surface area contributed by atoms with Gasteiger partial charge in [-0.1, -0.05) is 0 Å². The Morgan fingerprint density at radius 1 is 1.15 bits per heavy atom. The van der Waals surface area contributed by atoms with Crippen LogP contribution in [0.5, 0.6) is 5.88 Å². The van der Waals surface area contributed by atoms with Crippen LogP contribution in [-0.2, 0) is 20.1 Å². The number of sulfonamides is 1.